The van der Waals surface area contributed by atoms with E-state index >= 15 is 0 Å². The molecule has 0 fully saturated rings. The van der Waals surface area contributed by atoms with Crippen molar-refractivity contribution < 1.29 is 14.4 Å². The molecule has 3 aromatic rings. The lowest BCUT2D eigenvalue weighted by Gasteiger charge is -2.10. The highest BCUT2D eigenvalue weighted by Gasteiger charge is 2.16. The number of hydrogen-bond acceptors (Lipinski definition) is 4. The van der Waals surface area contributed by atoms with Gasteiger partial charge in [-0.15, -0.1) is 0 Å². The van der Waals surface area contributed by atoms with Crippen LogP contribution < -0.4 is 10.5 Å². The highest BCUT2D eigenvalue weighted by atomic mass is 35.5. The standard InChI is InChI=1S/C21H16Cl2N2O3/c22-16-8-6-15(7-9-16)20(24)25-28-21(26)18-12-17(23)10-11-19(18)27-13-14-4-2-1-3-5-14/h1-12H,13H2,(H2,24,25). The van der Waals surface area contributed by atoms with Crippen LogP contribution >= 0.6 is 23.2 Å². The van der Waals surface area contributed by atoms with E-state index < -0.39 is 5.97 Å². The second kappa shape index (κ2) is 9.26. The lowest BCUT2D eigenvalue weighted by Crippen LogP contribution is -2.15. The molecule has 28 heavy (non-hydrogen) atoms. The number of hydrogen-bond donors (Lipinski definition) is 1. The van der Waals surface area contributed by atoms with Crippen LogP contribution in [0.15, 0.2) is 78.0 Å². The van der Waals surface area contributed by atoms with Gasteiger partial charge < -0.3 is 15.3 Å². The Hall–Kier alpha value is -3.02. The van der Waals surface area contributed by atoms with Crippen molar-refractivity contribution in [3.05, 3.63) is 99.5 Å². The molecule has 0 aliphatic rings. The van der Waals surface area contributed by atoms with Gasteiger partial charge in [-0.3, -0.25) is 0 Å². The number of nitrogens with zero attached hydrogens (tertiary/aromatic N) is 1. The third-order valence-corrected chi connectivity index (χ3v) is 4.25. The van der Waals surface area contributed by atoms with Crippen LogP contribution in [0.3, 0.4) is 0 Å². The first kappa shape index (κ1) is 19.7. The van der Waals surface area contributed by atoms with Crippen LogP contribution in [0.1, 0.15) is 21.5 Å². The molecular weight excluding hydrogens is 399 g/mol. The van der Waals surface area contributed by atoms with Crippen molar-refractivity contribution in [1.29, 1.82) is 0 Å². The third-order valence-electron chi connectivity index (χ3n) is 3.77. The highest BCUT2D eigenvalue weighted by molar-refractivity contribution is 6.31. The van der Waals surface area contributed by atoms with E-state index in [2.05, 4.69) is 5.16 Å². The second-order valence-electron chi connectivity index (χ2n) is 5.78. The second-order valence-corrected chi connectivity index (χ2v) is 6.65. The number of nitrogens with two attached hydrogens (primary N) is 1. The van der Waals surface area contributed by atoms with Crippen molar-refractivity contribution in [2.45, 2.75) is 6.61 Å². The molecule has 0 bridgehead atoms. The molecule has 0 aliphatic carbocycles. The molecule has 0 atom stereocenters. The number of halogens is 2. The van der Waals surface area contributed by atoms with Crippen molar-refractivity contribution in [1.82, 2.24) is 0 Å². The van der Waals surface area contributed by atoms with Gasteiger partial charge in [0.1, 0.15) is 17.9 Å². The van der Waals surface area contributed by atoms with Gasteiger partial charge in [0.15, 0.2) is 5.84 Å². The largest absolute Gasteiger partial charge is 0.488 e. The summed E-state index contributed by atoms with van der Waals surface area (Å²) < 4.78 is 5.75. The van der Waals surface area contributed by atoms with E-state index in [0.29, 0.717) is 28.0 Å². The lowest BCUT2D eigenvalue weighted by molar-refractivity contribution is 0.0511. The van der Waals surface area contributed by atoms with Crippen molar-refractivity contribution >= 4 is 35.0 Å². The highest BCUT2D eigenvalue weighted by Crippen LogP contribution is 2.25. The zero-order valence-corrected chi connectivity index (χ0v) is 16.2. The fraction of sp³-hybridized carbons (Fsp3) is 0.0476. The van der Waals surface area contributed by atoms with Gasteiger partial charge in [-0.05, 0) is 48.0 Å². The molecule has 0 heterocycles. The van der Waals surface area contributed by atoms with Crippen molar-refractivity contribution in [3.63, 3.8) is 0 Å². The summed E-state index contributed by atoms with van der Waals surface area (Å²) in [5.74, 6) is -0.361. The van der Waals surface area contributed by atoms with E-state index in [-0.39, 0.29) is 11.4 Å². The first-order chi connectivity index (χ1) is 13.5. The van der Waals surface area contributed by atoms with Crippen LogP contribution in [0.25, 0.3) is 0 Å². The van der Waals surface area contributed by atoms with E-state index in [1.54, 1.807) is 36.4 Å². The van der Waals surface area contributed by atoms with Gasteiger partial charge in [0, 0.05) is 15.6 Å². The van der Waals surface area contributed by atoms with Gasteiger partial charge in [-0.1, -0.05) is 58.7 Å². The van der Waals surface area contributed by atoms with E-state index in [9.17, 15) is 4.79 Å². The van der Waals surface area contributed by atoms with Crippen LogP contribution in [-0.4, -0.2) is 11.8 Å². The van der Waals surface area contributed by atoms with Crippen molar-refractivity contribution in [2.24, 2.45) is 10.9 Å². The molecule has 3 rings (SSSR count). The number of rotatable bonds is 6. The number of amidine groups is 1. The molecule has 0 saturated heterocycles. The first-order valence-electron chi connectivity index (χ1n) is 8.30. The topological polar surface area (TPSA) is 73.9 Å². The first-order valence-corrected chi connectivity index (χ1v) is 9.05. The van der Waals surface area contributed by atoms with Gasteiger partial charge in [-0.25, -0.2) is 4.79 Å². The Balaban J connectivity index is 1.74. The van der Waals surface area contributed by atoms with E-state index in [1.807, 2.05) is 30.3 Å². The van der Waals surface area contributed by atoms with Crippen molar-refractivity contribution in [3.8, 4) is 5.75 Å². The average molecular weight is 415 g/mol. The molecule has 2 N–H and O–H groups in total. The van der Waals surface area contributed by atoms with Gasteiger partial charge in [0.05, 0.1) is 0 Å². The number of carbonyl (C=O) groups is 1. The Labute approximate surface area is 172 Å². The number of benzene rings is 3. The minimum Gasteiger partial charge on any atom is -0.488 e. The molecule has 0 saturated carbocycles. The molecule has 3 aromatic carbocycles. The molecule has 5 nitrogen and oxygen atoms in total. The minimum atomic E-state index is -0.734. The Bertz CT molecular complexity index is 990. The van der Waals surface area contributed by atoms with Gasteiger partial charge in [0.2, 0.25) is 0 Å². The maximum Gasteiger partial charge on any atom is 0.369 e. The molecule has 0 amide bonds. The summed E-state index contributed by atoms with van der Waals surface area (Å²) in [6, 6.07) is 20.9. The third kappa shape index (κ3) is 5.25. The molecule has 0 unspecified atom stereocenters. The minimum absolute atomic E-state index is 0.0406. The fourth-order valence-corrected chi connectivity index (χ4v) is 2.63. The summed E-state index contributed by atoms with van der Waals surface area (Å²) in [7, 11) is 0. The van der Waals surface area contributed by atoms with E-state index in [4.69, 9.17) is 38.5 Å². The van der Waals surface area contributed by atoms with Crippen LogP contribution in [0.2, 0.25) is 10.0 Å². The SMILES string of the molecule is N/C(=N/OC(=O)c1cc(Cl)ccc1OCc1ccccc1)c1ccc(Cl)cc1. The van der Waals surface area contributed by atoms with Gasteiger partial charge in [0.25, 0.3) is 0 Å². The predicted molar refractivity (Wildman–Crippen MR) is 110 cm³/mol. The van der Waals surface area contributed by atoms with E-state index in [1.165, 1.54) is 6.07 Å². The lowest BCUT2D eigenvalue weighted by atomic mass is 10.2. The Morgan fingerprint density at radius 2 is 1.61 bits per heavy atom. The molecule has 142 valence electrons. The normalized spacial score (nSPS) is 11.1. The summed E-state index contributed by atoms with van der Waals surface area (Å²) in [4.78, 5) is 17.4. The molecule has 0 aromatic heterocycles. The average Bonchev–Trinajstić information content (AvgIpc) is 2.72. The van der Waals surface area contributed by atoms with Crippen molar-refractivity contribution in [2.75, 3.05) is 0 Å². The number of carbonyl (C=O) groups excluding carboxylic acids is 1. The van der Waals surface area contributed by atoms with Crippen LogP contribution in [0.5, 0.6) is 5.75 Å². The summed E-state index contributed by atoms with van der Waals surface area (Å²) in [6.45, 7) is 0.291. The quantitative estimate of drug-likeness (QED) is 0.265. The smallest absolute Gasteiger partial charge is 0.369 e. The monoisotopic (exact) mass is 414 g/mol. The van der Waals surface area contributed by atoms with Gasteiger partial charge in [-0.2, -0.15) is 0 Å². The summed E-state index contributed by atoms with van der Waals surface area (Å²) in [6.07, 6.45) is 0. The molecular formula is C21H16Cl2N2O3. The predicted octanol–water partition coefficient (Wildman–Crippen LogP) is 5.05. The Morgan fingerprint density at radius 1 is 0.929 bits per heavy atom. The Kier molecular flexibility index (Phi) is 6.53. The number of ether oxygens (including phenoxy) is 1. The fourth-order valence-electron chi connectivity index (χ4n) is 2.34. The summed E-state index contributed by atoms with van der Waals surface area (Å²) in [5.41, 5.74) is 7.53. The van der Waals surface area contributed by atoms with Crippen LogP contribution in [0, 0.1) is 0 Å². The maximum absolute atomic E-state index is 12.5. The zero-order chi connectivity index (χ0) is 19.9. The molecule has 0 aliphatic heterocycles. The molecule has 0 radical (unpaired) electrons. The van der Waals surface area contributed by atoms with Crippen LogP contribution in [-0.2, 0) is 11.4 Å². The maximum atomic E-state index is 12.5. The van der Waals surface area contributed by atoms with Gasteiger partial charge >= 0.3 is 5.97 Å². The number of oxime groups is 1. The summed E-state index contributed by atoms with van der Waals surface area (Å²) >= 11 is 11.9. The van der Waals surface area contributed by atoms with E-state index in [0.717, 1.165) is 5.56 Å². The zero-order valence-electron chi connectivity index (χ0n) is 14.6. The molecule has 0 spiro atoms. The van der Waals surface area contributed by atoms with Crippen LogP contribution in [0.4, 0.5) is 0 Å². The summed E-state index contributed by atoms with van der Waals surface area (Å²) in [5, 5.41) is 4.62. The molecule has 7 heteroatoms. The Morgan fingerprint density at radius 3 is 2.32 bits per heavy atom.